The van der Waals surface area contributed by atoms with Crippen LogP contribution in [0.5, 0.6) is 0 Å². The van der Waals surface area contributed by atoms with Crippen molar-refractivity contribution in [3.8, 4) is 0 Å². The summed E-state index contributed by atoms with van der Waals surface area (Å²) in [6.45, 7) is 9.84. The number of benzene rings is 1. The summed E-state index contributed by atoms with van der Waals surface area (Å²) in [7, 11) is 0. The Balaban J connectivity index is 2.76. The van der Waals surface area contributed by atoms with Crippen molar-refractivity contribution in [3.63, 3.8) is 0 Å². The van der Waals surface area contributed by atoms with E-state index in [1.54, 1.807) is 0 Å². The van der Waals surface area contributed by atoms with Gasteiger partial charge < -0.3 is 11.1 Å². The minimum Gasteiger partial charge on any atom is -0.329 e. The number of nitrogens with two attached hydrogens (primary N) is 1. The van der Waals surface area contributed by atoms with Crippen LogP contribution in [0.4, 0.5) is 8.78 Å². The predicted molar refractivity (Wildman–Crippen MR) is 79.3 cm³/mol. The molecule has 0 aliphatic heterocycles. The molecule has 0 bridgehead atoms. The van der Waals surface area contributed by atoms with Crippen molar-refractivity contribution in [2.75, 3.05) is 13.1 Å². The van der Waals surface area contributed by atoms with E-state index in [9.17, 15) is 8.78 Å². The van der Waals surface area contributed by atoms with Crippen LogP contribution in [0.2, 0.25) is 0 Å². The Morgan fingerprint density at radius 1 is 1.00 bits per heavy atom. The second kappa shape index (κ2) is 7.70. The van der Waals surface area contributed by atoms with Gasteiger partial charge >= 0.3 is 0 Å². The van der Waals surface area contributed by atoms with Crippen LogP contribution in [0.25, 0.3) is 0 Å². The average molecular weight is 284 g/mol. The molecule has 0 aliphatic rings. The Bertz CT molecular complexity index is 391. The van der Waals surface area contributed by atoms with Crippen molar-refractivity contribution >= 4 is 0 Å². The van der Waals surface area contributed by atoms with Crippen molar-refractivity contribution in [1.29, 1.82) is 0 Å². The lowest BCUT2D eigenvalue weighted by atomic mass is 9.85. The highest BCUT2D eigenvalue weighted by Gasteiger charge is 2.19. The highest BCUT2D eigenvalue weighted by Crippen LogP contribution is 2.22. The number of hydrogen-bond donors (Lipinski definition) is 2. The van der Waals surface area contributed by atoms with E-state index in [0.717, 1.165) is 12.6 Å². The zero-order valence-corrected chi connectivity index (χ0v) is 12.8. The summed E-state index contributed by atoms with van der Waals surface area (Å²) in [5.41, 5.74) is 6.30. The molecule has 0 saturated heterocycles. The van der Waals surface area contributed by atoms with E-state index in [1.807, 2.05) is 0 Å². The Morgan fingerprint density at radius 2 is 1.50 bits per heavy atom. The van der Waals surface area contributed by atoms with Gasteiger partial charge in [0.2, 0.25) is 0 Å². The summed E-state index contributed by atoms with van der Waals surface area (Å²) < 4.78 is 26.5. The third-order valence-electron chi connectivity index (χ3n) is 3.84. The van der Waals surface area contributed by atoms with Crippen LogP contribution in [-0.4, -0.2) is 13.1 Å². The van der Waals surface area contributed by atoms with Gasteiger partial charge in [0.15, 0.2) is 0 Å². The van der Waals surface area contributed by atoms with Crippen molar-refractivity contribution in [3.05, 3.63) is 35.4 Å². The molecular weight excluding hydrogens is 258 g/mol. The van der Waals surface area contributed by atoms with Crippen LogP contribution >= 0.6 is 0 Å². The van der Waals surface area contributed by atoms with Gasteiger partial charge in [-0.2, -0.15) is 0 Å². The standard InChI is InChI=1S/C16H26F2N2/c1-10(2)15(11(3)4)9-20-16(8-19)12-5-13(17)7-14(18)6-12/h5-7,10-11,15-16,20H,8-9,19H2,1-4H3. The highest BCUT2D eigenvalue weighted by atomic mass is 19.1. The molecule has 0 aromatic heterocycles. The van der Waals surface area contributed by atoms with Crippen molar-refractivity contribution < 1.29 is 8.78 Å². The number of halogens is 2. The topological polar surface area (TPSA) is 38.0 Å². The van der Waals surface area contributed by atoms with Crippen molar-refractivity contribution in [2.45, 2.75) is 33.7 Å². The van der Waals surface area contributed by atoms with Gasteiger partial charge in [-0.3, -0.25) is 0 Å². The average Bonchev–Trinajstić information content (AvgIpc) is 2.32. The van der Waals surface area contributed by atoms with E-state index in [1.165, 1.54) is 12.1 Å². The molecule has 0 radical (unpaired) electrons. The molecule has 1 unspecified atom stereocenters. The molecule has 1 atom stereocenters. The summed E-state index contributed by atoms with van der Waals surface area (Å²) in [6.07, 6.45) is 0. The molecule has 0 amide bonds. The molecule has 3 N–H and O–H groups in total. The highest BCUT2D eigenvalue weighted by molar-refractivity contribution is 5.21. The second-order valence-electron chi connectivity index (χ2n) is 6.05. The normalized spacial score (nSPS) is 13.5. The smallest absolute Gasteiger partial charge is 0.126 e. The summed E-state index contributed by atoms with van der Waals surface area (Å²) >= 11 is 0. The number of rotatable bonds is 7. The molecule has 114 valence electrons. The van der Waals surface area contributed by atoms with Crippen molar-refractivity contribution in [1.82, 2.24) is 5.32 Å². The Kier molecular flexibility index (Phi) is 6.56. The van der Waals surface area contributed by atoms with E-state index >= 15 is 0 Å². The lowest BCUT2D eigenvalue weighted by molar-refractivity contribution is 0.266. The second-order valence-corrected chi connectivity index (χ2v) is 6.05. The maximum Gasteiger partial charge on any atom is 0.126 e. The largest absolute Gasteiger partial charge is 0.329 e. The van der Waals surface area contributed by atoms with Crippen LogP contribution < -0.4 is 11.1 Å². The quantitative estimate of drug-likeness (QED) is 0.804. The molecule has 20 heavy (non-hydrogen) atoms. The third kappa shape index (κ3) is 4.84. The molecule has 0 heterocycles. The van der Waals surface area contributed by atoms with Gasteiger partial charge in [0, 0.05) is 18.7 Å². The molecule has 1 aromatic rings. The SMILES string of the molecule is CC(C)C(CNC(CN)c1cc(F)cc(F)c1)C(C)C. The maximum absolute atomic E-state index is 13.3. The zero-order chi connectivity index (χ0) is 15.3. The van der Waals surface area contributed by atoms with Crippen LogP contribution in [0.3, 0.4) is 0 Å². The van der Waals surface area contributed by atoms with Crippen LogP contribution in [0.1, 0.15) is 39.3 Å². The first-order valence-electron chi connectivity index (χ1n) is 7.24. The van der Waals surface area contributed by atoms with E-state index in [-0.39, 0.29) is 6.04 Å². The number of hydrogen-bond acceptors (Lipinski definition) is 2. The predicted octanol–water partition coefficient (Wildman–Crippen LogP) is 3.48. The van der Waals surface area contributed by atoms with Crippen LogP contribution in [-0.2, 0) is 0 Å². The molecule has 0 fully saturated rings. The molecule has 0 aliphatic carbocycles. The first kappa shape index (κ1) is 17.1. The molecule has 1 aromatic carbocycles. The lowest BCUT2D eigenvalue weighted by Crippen LogP contribution is -2.35. The molecular formula is C16H26F2N2. The first-order chi connectivity index (χ1) is 9.35. The molecule has 0 saturated carbocycles. The van der Waals surface area contributed by atoms with E-state index < -0.39 is 11.6 Å². The van der Waals surface area contributed by atoms with Crippen molar-refractivity contribution in [2.24, 2.45) is 23.5 Å². The summed E-state index contributed by atoms with van der Waals surface area (Å²) in [4.78, 5) is 0. The van der Waals surface area contributed by atoms with Crippen LogP contribution in [0.15, 0.2) is 18.2 Å². The Labute approximate surface area is 120 Å². The fraction of sp³-hybridized carbons (Fsp3) is 0.625. The summed E-state index contributed by atoms with van der Waals surface area (Å²) in [5.74, 6) is 0.465. The van der Waals surface area contributed by atoms with Gasteiger partial charge in [-0.25, -0.2) is 8.78 Å². The van der Waals surface area contributed by atoms with Gasteiger partial charge in [-0.1, -0.05) is 27.7 Å². The van der Waals surface area contributed by atoms with E-state index in [4.69, 9.17) is 5.73 Å². The van der Waals surface area contributed by atoms with Gasteiger partial charge in [-0.05, 0) is 42.0 Å². The lowest BCUT2D eigenvalue weighted by Gasteiger charge is -2.28. The molecule has 2 nitrogen and oxygen atoms in total. The van der Waals surface area contributed by atoms with E-state index in [0.29, 0.717) is 29.9 Å². The molecule has 1 rings (SSSR count). The van der Waals surface area contributed by atoms with Crippen LogP contribution in [0, 0.1) is 29.4 Å². The summed E-state index contributed by atoms with van der Waals surface area (Å²) in [6, 6.07) is 3.34. The Morgan fingerprint density at radius 3 is 1.90 bits per heavy atom. The fourth-order valence-electron chi connectivity index (χ4n) is 2.63. The molecule has 4 heteroatoms. The van der Waals surface area contributed by atoms with Gasteiger partial charge in [0.1, 0.15) is 11.6 Å². The third-order valence-corrected chi connectivity index (χ3v) is 3.84. The fourth-order valence-corrected chi connectivity index (χ4v) is 2.63. The van der Waals surface area contributed by atoms with Gasteiger partial charge in [-0.15, -0.1) is 0 Å². The Hall–Kier alpha value is -1.00. The monoisotopic (exact) mass is 284 g/mol. The number of nitrogens with one attached hydrogen (secondary N) is 1. The minimum atomic E-state index is -0.565. The zero-order valence-electron chi connectivity index (χ0n) is 12.8. The first-order valence-corrected chi connectivity index (χ1v) is 7.24. The molecule has 0 spiro atoms. The van der Waals surface area contributed by atoms with E-state index in [2.05, 4.69) is 33.0 Å². The van der Waals surface area contributed by atoms with Gasteiger partial charge in [0.05, 0.1) is 0 Å². The van der Waals surface area contributed by atoms with Gasteiger partial charge in [0.25, 0.3) is 0 Å². The minimum absolute atomic E-state index is 0.222. The maximum atomic E-state index is 13.3. The summed E-state index contributed by atoms with van der Waals surface area (Å²) in [5, 5.41) is 3.34.